The van der Waals surface area contributed by atoms with Crippen molar-refractivity contribution in [3.05, 3.63) is 188 Å². The Morgan fingerprint density at radius 1 is 0.315 bits per heavy atom. The van der Waals surface area contributed by atoms with Crippen LogP contribution in [0.1, 0.15) is 0 Å². The monoisotopic (exact) mass is 689 g/mol. The average molecular weight is 690 g/mol. The molecule has 5 nitrogen and oxygen atoms in total. The lowest BCUT2D eigenvalue weighted by atomic mass is 10.0. The van der Waals surface area contributed by atoms with E-state index in [2.05, 4.69) is 137 Å². The summed E-state index contributed by atoms with van der Waals surface area (Å²) in [5, 5.41) is 7.30. The standard InChI is InChI=1S/C49H31N5/c1-3-15-32(16-4-1)47-50-48(33-17-5-2-6-18-33)52-49(51-47)34-27-29-36(30-28-34)53-42-24-12-11-23-40(42)41-31-35-19-7-8-20-37(35)45(46(41)53)54-43-25-13-9-21-38(43)39-22-10-14-26-44(39)54/h1-31H. The third kappa shape index (κ3) is 4.69. The van der Waals surface area contributed by atoms with Crippen LogP contribution in [0.15, 0.2) is 188 Å². The Labute approximate surface area is 311 Å². The summed E-state index contributed by atoms with van der Waals surface area (Å²) in [5.74, 6) is 1.93. The first kappa shape index (κ1) is 30.3. The van der Waals surface area contributed by atoms with Crippen LogP contribution in [0.5, 0.6) is 0 Å². The average Bonchev–Trinajstić information content (AvgIpc) is 3.76. The Kier molecular flexibility index (Phi) is 6.79. The maximum absolute atomic E-state index is 5.00. The first-order valence-electron chi connectivity index (χ1n) is 18.2. The van der Waals surface area contributed by atoms with Gasteiger partial charge < -0.3 is 9.13 Å². The zero-order chi connectivity index (χ0) is 35.6. The van der Waals surface area contributed by atoms with Crippen molar-refractivity contribution in [3.63, 3.8) is 0 Å². The van der Waals surface area contributed by atoms with Crippen molar-refractivity contribution < 1.29 is 0 Å². The number of rotatable bonds is 5. The zero-order valence-electron chi connectivity index (χ0n) is 29.1. The minimum absolute atomic E-state index is 0.633. The number of aromatic nitrogens is 5. The smallest absolute Gasteiger partial charge is 0.164 e. The van der Waals surface area contributed by atoms with E-state index in [1.165, 1.54) is 49.0 Å². The van der Waals surface area contributed by atoms with Crippen molar-refractivity contribution in [3.8, 4) is 45.5 Å². The van der Waals surface area contributed by atoms with E-state index >= 15 is 0 Å². The Morgan fingerprint density at radius 2 is 0.722 bits per heavy atom. The van der Waals surface area contributed by atoms with E-state index in [0.29, 0.717) is 17.5 Å². The third-order valence-electron chi connectivity index (χ3n) is 10.5. The topological polar surface area (TPSA) is 48.5 Å². The van der Waals surface area contributed by atoms with Gasteiger partial charge in [0, 0.05) is 49.3 Å². The lowest BCUT2D eigenvalue weighted by Gasteiger charge is -2.17. The van der Waals surface area contributed by atoms with Crippen molar-refractivity contribution in [2.45, 2.75) is 0 Å². The number of fused-ring (bicyclic) bond motifs is 7. The zero-order valence-corrected chi connectivity index (χ0v) is 29.1. The second-order valence-electron chi connectivity index (χ2n) is 13.6. The van der Waals surface area contributed by atoms with Crippen LogP contribution in [0.25, 0.3) is 99.9 Å². The highest BCUT2D eigenvalue weighted by Gasteiger charge is 2.23. The molecular weight excluding hydrogens is 659 g/mol. The molecule has 54 heavy (non-hydrogen) atoms. The van der Waals surface area contributed by atoms with Crippen LogP contribution in [-0.4, -0.2) is 24.1 Å². The summed E-state index contributed by atoms with van der Waals surface area (Å²) >= 11 is 0. The summed E-state index contributed by atoms with van der Waals surface area (Å²) in [7, 11) is 0. The molecule has 0 aliphatic carbocycles. The minimum atomic E-state index is 0.633. The summed E-state index contributed by atoms with van der Waals surface area (Å²) in [6.07, 6.45) is 0. The van der Waals surface area contributed by atoms with Crippen LogP contribution in [-0.2, 0) is 0 Å². The first-order chi connectivity index (χ1) is 26.8. The van der Waals surface area contributed by atoms with Gasteiger partial charge in [-0.1, -0.05) is 140 Å². The summed E-state index contributed by atoms with van der Waals surface area (Å²) < 4.78 is 4.90. The summed E-state index contributed by atoms with van der Waals surface area (Å²) in [4.78, 5) is 14.9. The second-order valence-corrected chi connectivity index (χ2v) is 13.6. The Hall–Kier alpha value is -7.37. The summed E-state index contributed by atoms with van der Waals surface area (Å²) in [6, 6.07) is 66.3. The molecule has 0 amide bonds. The molecule has 0 N–H and O–H groups in total. The minimum Gasteiger partial charge on any atom is -0.307 e. The Bertz CT molecular complexity index is 3080. The molecular formula is C49H31N5. The highest BCUT2D eigenvalue weighted by atomic mass is 15.1. The number of nitrogens with zero attached hydrogens (tertiary/aromatic N) is 5. The number of para-hydroxylation sites is 3. The van der Waals surface area contributed by atoms with Crippen molar-refractivity contribution >= 4 is 54.4 Å². The molecule has 0 saturated heterocycles. The van der Waals surface area contributed by atoms with Gasteiger partial charge in [-0.3, -0.25) is 0 Å². The van der Waals surface area contributed by atoms with Crippen molar-refractivity contribution in [2.24, 2.45) is 0 Å². The molecule has 0 bridgehead atoms. The molecule has 252 valence electrons. The van der Waals surface area contributed by atoms with Gasteiger partial charge in [0.05, 0.1) is 27.8 Å². The van der Waals surface area contributed by atoms with Crippen LogP contribution >= 0.6 is 0 Å². The second kappa shape index (κ2) is 12.1. The van der Waals surface area contributed by atoms with Crippen LogP contribution in [0.3, 0.4) is 0 Å². The van der Waals surface area contributed by atoms with E-state index in [1.807, 2.05) is 60.7 Å². The molecule has 11 rings (SSSR count). The van der Waals surface area contributed by atoms with Gasteiger partial charge in [0.25, 0.3) is 0 Å². The summed E-state index contributed by atoms with van der Waals surface area (Å²) in [6.45, 7) is 0. The molecule has 5 heteroatoms. The van der Waals surface area contributed by atoms with E-state index in [1.54, 1.807) is 0 Å². The Morgan fingerprint density at radius 3 is 1.26 bits per heavy atom. The molecule has 0 aliphatic heterocycles. The maximum Gasteiger partial charge on any atom is 0.164 e. The van der Waals surface area contributed by atoms with Gasteiger partial charge in [-0.15, -0.1) is 0 Å². The van der Waals surface area contributed by atoms with Crippen LogP contribution < -0.4 is 0 Å². The maximum atomic E-state index is 5.00. The third-order valence-corrected chi connectivity index (χ3v) is 10.5. The molecule has 3 heterocycles. The van der Waals surface area contributed by atoms with E-state index in [-0.39, 0.29) is 0 Å². The van der Waals surface area contributed by atoms with Crippen molar-refractivity contribution in [1.82, 2.24) is 24.1 Å². The number of hydrogen-bond donors (Lipinski definition) is 0. The van der Waals surface area contributed by atoms with E-state index in [0.717, 1.165) is 33.4 Å². The highest BCUT2D eigenvalue weighted by Crippen LogP contribution is 2.43. The predicted molar refractivity (Wildman–Crippen MR) is 222 cm³/mol. The van der Waals surface area contributed by atoms with Gasteiger partial charge in [-0.05, 0) is 53.9 Å². The van der Waals surface area contributed by atoms with Crippen molar-refractivity contribution in [2.75, 3.05) is 0 Å². The molecule has 3 aromatic heterocycles. The number of benzene rings is 8. The van der Waals surface area contributed by atoms with Gasteiger partial charge in [-0.2, -0.15) is 0 Å². The molecule has 0 aliphatic rings. The van der Waals surface area contributed by atoms with Crippen molar-refractivity contribution in [1.29, 1.82) is 0 Å². The van der Waals surface area contributed by atoms with E-state index < -0.39 is 0 Å². The van der Waals surface area contributed by atoms with Gasteiger partial charge in [0.15, 0.2) is 17.5 Å². The largest absolute Gasteiger partial charge is 0.307 e. The van der Waals surface area contributed by atoms with Gasteiger partial charge in [-0.25, -0.2) is 15.0 Å². The predicted octanol–water partition coefficient (Wildman–Crippen LogP) is 12.2. The van der Waals surface area contributed by atoms with Gasteiger partial charge in [0.1, 0.15) is 0 Å². The quantitative estimate of drug-likeness (QED) is 0.181. The molecule has 0 fully saturated rings. The van der Waals surface area contributed by atoms with E-state index in [9.17, 15) is 0 Å². The highest BCUT2D eigenvalue weighted by molar-refractivity contribution is 6.20. The fourth-order valence-corrected chi connectivity index (χ4v) is 8.12. The fourth-order valence-electron chi connectivity index (χ4n) is 8.12. The van der Waals surface area contributed by atoms with E-state index in [4.69, 9.17) is 15.0 Å². The molecule has 0 unspecified atom stereocenters. The van der Waals surface area contributed by atoms with Crippen LogP contribution in [0, 0.1) is 0 Å². The summed E-state index contributed by atoms with van der Waals surface area (Å²) in [5.41, 5.74) is 9.71. The Balaban J connectivity index is 1.17. The normalized spacial score (nSPS) is 11.7. The molecule has 0 radical (unpaired) electrons. The molecule has 0 atom stereocenters. The van der Waals surface area contributed by atoms with Crippen LogP contribution in [0.2, 0.25) is 0 Å². The van der Waals surface area contributed by atoms with Gasteiger partial charge in [0.2, 0.25) is 0 Å². The van der Waals surface area contributed by atoms with Gasteiger partial charge >= 0.3 is 0 Å². The first-order valence-corrected chi connectivity index (χ1v) is 18.2. The molecule has 0 saturated carbocycles. The number of hydrogen-bond acceptors (Lipinski definition) is 3. The van der Waals surface area contributed by atoms with Crippen LogP contribution in [0.4, 0.5) is 0 Å². The molecule has 11 aromatic rings. The lowest BCUT2D eigenvalue weighted by molar-refractivity contribution is 1.07. The fraction of sp³-hybridized carbons (Fsp3) is 0. The lowest BCUT2D eigenvalue weighted by Crippen LogP contribution is -2.02. The molecule has 8 aromatic carbocycles. The SMILES string of the molecule is c1ccc(-c2nc(-c3ccccc3)nc(-c3ccc(-n4c5ccccc5c5cc6ccccc6c(-n6c7ccccc7c7ccccc76)c54)cc3)n2)cc1. The molecule has 0 spiro atoms.